The molecule has 0 aliphatic heterocycles. The third-order valence-corrected chi connectivity index (χ3v) is 2.63. The molecule has 0 atom stereocenters. The van der Waals surface area contributed by atoms with Crippen LogP contribution in [0, 0.1) is 5.92 Å². The third kappa shape index (κ3) is 2.74. The zero-order chi connectivity index (χ0) is 9.80. The van der Waals surface area contributed by atoms with Crippen LogP contribution >= 0.6 is 0 Å². The van der Waals surface area contributed by atoms with Crippen LogP contribution in [0.4, 0.5) is 0 Å². The van der Waals surface area contributed by atoms with E-state index in [2.05, 4.69) is 0 Å². The highest BCUT2D eigenvalue weighted by Gasteiger charge is 2.20. The van der Waals surface area contributed by atoms with E-state index in [0.717, 1.165) is 23.8 Å². The van der Waals surface area contributed by atoms with E-state index in [4.69, 9.17) is 10.5 Å². The minimum atomic E-state index is 0.583. The zero-order valence-electron chi connectivity index (χ0n) is 8.41. The summed E-state index contributed by atoms with van der Waals surface area (Å²) in [5.74, 6) is 1.89. The summed E-state index contributed by atoms with van der Waals surface area (Å²) in [4.78, 5) is 0. The zero-order valence-corrected chi connectivity index (χ0v) is 8.41. The summed E-state index contributed by atoms with van der Waals surface area (Å²) in [6.07, 6.45) is 3.99. The first-order chi connectivity index (χ1) is 6.88. The fourth-order valence-electron chi connectivity index (χ4n) is 1.51. The van der Waals surface area contributed by atoms with E-state index >= 15 is 0 Å². The van der Waals surface area contributed by atoms with E-state index in [1.165, 1.54) is 19.3 Å². The molecular weight excluding hydrogens is 174 g/mol. The summed E-state index contributed by atoms with van der Waals surface area (Å²) < 4.78 is 5.64. The number of nitrogens with two attached hydrogens (primary N) is 1. The molecule has 0 aromatic heterocycles. The molecule has 0 saturated heterocycles. The number of benzene rings is 1. The molecule has 1 aliphatic carbocycles. The van der Waals surface area contributed by atoms with Gasteiger partial charge in [0.25, 0.3) is 0 Å². The van der Waals surface area contributed by atoms with Gasteiger partial charge in [-0.1, -0.05) is 25.0 Å². The molecule has 0 amide bonds. The standard InChI is InChI=1S/C12H17NO/c13-9-11-2-1-3-12(8-11)14-7-6-10-4-5-10/h1-3,8,10H,4-7,9,13H2. The highest BCUT2D eigenvalue weighted by atomic mass is 16.5. The molecule has 0 heterocycles. The molecule has 1 aromatic carbocycles. The topological polar surface area (TPSA) is 35.2 Å². The van der Waals surface area contributed by atoms with Gasteiger partial charge in [0.05, 0.1) is 6.61 Å². The third-order valence-electron chi connectivity index (χ3n) is 2.63. The van der Waals surface area contributed by atoms with Crippen LogP contribution < -0.4 is 10.5 Å². The molecule has 14 heavy (non-hydrogen) atoms. The van der Waals surface area contributed by atoms with Gasteiger partial charge in [-0.2, -0.15) is 0 Å². The summed E-state index contributed by atoms with van der Waals surface area (Å²) in [5.41, 5.74) is 6.68. The van der Waals surface area contributed by atoms with Gasteiger partial charge in [0.15, 0.2) is 0 Å². The molecule has 1 fully saturated rings. The van der Waals surface area contributed by atoms with Crippen LogP contribution in [-0.4, -0.2) is 6.61 Å². The predicted octanol–water partition coefficient (Wildman–Crippen LogP) is 2.32. The normalized spacial score (nSPS) is 15.5. The van der Waals surface area contributed by atoms with Gasteiger partial charge in [-0.05, 0) is 30.0 Å². The molecule has 0 spiro atoms. The van der Waals surface area contributed by atoms with Crippen molar-refractivity contribution in [3.63, 3.8) is 0 Å². The molecule has 2 nitrogen and oxygen atoms in total. The highest BCUT2D eigenvalue weighted by molar-refractivity contribution is 5.28. The van der Waals surface area contributed by atoms with Crippen LogP contribution in [0.15, 0.2) is 24.3 Å². The second-order valence-corrected chi connectivity index (χ2v) is 3.93. The molecule has 0 bridgehead atoms. The molecule has 2 N–H and O–H groups in total. The number of ether oxygens (including phenoxy) is 1. The lowest BCUT2D eigenvalue weighted by Crippen LogP contribution is -2.00. The molecule has 0 unspecified atom stereocenters. The number of hydrogen-bond donors (Lipinski definition) is 1. The molecule has 1 aromatic rings. The van der Waals surface area contributed by atoms with E-state index in [1.54, 1.807) is 0 Å². The maximum absolute atomic E-state index is 5.64. The van der Waals surface area contributed by atoms with Crippen molar-refractivity contribution in [1.29, 1.82) is 0 Å². The van der Waals surface area contributed by atoms with E-state index in [-0.39, 0.29) is 0 Å². The number of hydrogen-bond acceptors (Lipinski definition) is 2. The maximum Gasteiger partial charge on any atom is 0.119 e. The Balaban J connectivity index is 1.81. The summed E-state index contributed by atoms with van der Waals surface area (Å²) in [7, 11) is 0. The lowest BCUT2D eigenvalue weighted by atomic mass is 10.2. The fourth-order valence-corrected chi connectivity index (χ4v) is 1.51. The Morgan fingerprint density at radius 1 is 1.36 bits per heavy atom. The SMILES string of the molecule is NCc1cccc(OCCC2CC2)c1. The number of rotatable bonds is 5. The second-order valence-electron chi connectivity index (χ2n) is 3.93. The van der Waals surface area contributed by atoms with Crippen LogP contribution in [0.5, 0.6) is 5.75 Å². The van der Waals surface area contributed by atoms with Crippen molar-refractivity contribution in [2.75, 3.05) is 6.61 Å². The molecule has 2 rings (SSSR count). The monoisotopic (exact) mass is 191 g/mol. The van der Waals surface area contributed by atoms with Crippen molar-refractivity contribution in [2.45, 2.75) is 25.8 Å². The average Bonchev–Trinajstić information content (AvgIpc) is 3.02. The Hall–Kier alpha value is -1.02. The quantitative estimate of drug-likeness (QED) is 0.775. The Kier molecular flexibility index (Phi) is 3.04. The van der Waals surface area contributed by atoms with Crippen LogP contribution in [0.25, 0.3) is 0 Å². The second kappa shape index (κ2) is 4.47. The van der Waals surface area contributed by atoms with Crippen molar-refractivity contribution < 1.29 is 4.74 Å². The summed E-state index contributed by atoms with van der Waals surface area (Å²) in [6, 6.07) is 8.03. The molecule has 1 saturated carbocycles. The largest absolute Gasteiger partial charge is 0.494 e. The maximum atomic E-state index is 5.64. The van der Waals surface area contributed by atoms with Gasteiger partial charge < -0.3 is 10.5 Å². The fraction of sp³-hybridized carbons (Fsp3) is 0.500. The van der Waals surface area contributed by atoms with Crippen LogP contribution in [-0.2, 0) is 6.54 Å². The van der Waals surface area contributed by atoms with Gasteiger partial charge in [-0.25, -0.2) is 0 Å². The van der Waals surface area contributed by atoms with Crippen molar-refractivity contribution in [2.24, 2.45) is 11.7 Å². The van der Waals surface area contributed by atoms with Crippen LogP contribution in [0.1, 0.15) is 24.8 Å². The smallest absolute Gasteiger partial charge is 0.119 e. The van der Waals surface area contributed by atoms with E-state index < -0.39 is 0 Å². The lowest BCUT2D eigenvalue weighted by molar-refractivity contribution is 0.302. The van der Waals surface area contributed by atoms with Crippen molar-refractivity contribution in [3.8, 4) is 5.75 Å². The van der Waals surface area contributed by atoms with Gasteiger partial charge in [0.1, 0.15) is 5.75 Å². The first-order valence-corrected chi connectivity index (χ1v) is 5.30. The van der Waals surface area contributed by atoms with E-state index in [0.29, 0.717) is 6.54 Å². The summed E-state index contributed by atoms with van der Waals surface area (Å²) in [6.45, 7) is 1.43. The molecule has 2 heteroatoms. The van der Waals surface area contributed by atoms with E-state index in [1.807, 2.05) is 24.3 Å². The molecule has 0 radical (unpaired) electrons. The lowest BCUT2D eigenvalue weighted by Gasteiger charge is -2.06. The van der Waals surface area contributed by atoms with Gasteiger partial charge >= 0.3 is 0 Å². The molecule has 1 aliphatic rings. The molecule has 76 valence electrons. The first kappa shape index (κ1) is 9.53. The Bertz CT molecular complexity index is 294. The summed E-state index contributed by atoms with van der Waals surface area (Å²) >= 11 is 0. The van der Waals surface area contributed by atoms with Gasteiger partial charge in [-0.15, -0.1) is 0 Å². The minimum Gasteiger partial charge on any atom is -0.494 e. The average molecular weight is 191 g/mol. The van der Waals surface area contributed by atoms with Crippen molar-refractivity contribution in [1.82, 2.24) is 0 Å². The first-order valence-electron chi connectivity index (χ1n) is 5.30. The summed E-state index contributed by atoms with van der Waals surface area (Å²) in [5, 5.41) is 0. The van der Waals surface area contributed by atoms with Gasteiger partial charge in [0.2, 0.25) is 0 Å². The Labute approximate surface area is 85.1 Å². The van der Waals surface area contributed by atoms with Gasteiger partial charge in [0, 0.05) is 6.54 Å². The van der Waals surface area contributed by atoms with E-state index in [9.17, 15) is 0 Å². The van der Waals surface area contributed by atoms with Crippen molar-refractivity contribution >= 4 is 0 Å². The van der Waals surface area contributed by atoms with Crippen LogP contribution in [0.3, 0.4) is 0 Å². The molecular formula is C12H17NO. The minimum absolute atomic E-state index is 0.583. The highest BCUT2D eigenvalue weighted by Crippen LogP contribution is 2.32. The van der Waals surface area contributed by atoms with Crippen LogP contribution in [0.2, 0.25) is 0 Å². The Morgan fingerprint density at radius 3 is 2.93 bits per heavy atom. The van der Waals surface area contributed by atoms with Crippen molar-refractivity contribution in [3.05, 3.63) is 29.8 Å². The van der Waals surface area contributed by atoms with Gasteiger partial charge in [-0.3, -0.25) is 0 Å². The predicted molar refractivity (Wildman–Crippen MR) is 57.2 cm³/mol. The Morgan fingerprint density at radius 2 is 2.21 bits per heavy atom.